The Morgan fingerprint density at radius 1 is 1.04 bits per heavy atom. The summed E-state index contributed by atoms with van der Waals surface area (Å²) in [5.41, 5.74) is 6.38. The number of hydrogen-bond donors (Lipinski definition) is 0. The van der Waals surface area contributed by atoms with Crippen molar-refractivity contribution in [3.63, 3.8) is 0 Å². The van der Waals surface area contributed by atoms with Crippen molar-refractivity contribution in [3.8, 4) is 17.3 Å². The number of benzene rings is 1. The minimum atomic E-state index is 0.714. The van der Waals surface area contributed by atoms with E-state index in [0.29, 0.717) is 5.56 Å². The number of nitrogens with zero attached hydrogens (tertiary/aromatic N) is 5. The van der Waals surface area contributed by atoms with Gasteiger partial charge in [-0.2, -0.15) is 5.26 Å². The summed E-state index contributed by atoms with van der Waals surface area (Å²) in [6, 6.07) is 14.1. The zero-order valence-corrected chi connectivity index (χ0v) is 14.5. The van der Waals surface area contributed by atoms with Gasteiger partial charge in [0.15, 0.2) is 0 Å². The SMILES string of the molecule is N#Cc1cccc(CN2CCc3ncnc(-c4ccncc4)c3CC2)c1. The Kier molecular flexibility index (Phi) is 4.67. The summed E-state index contributed by atoms with van der Waals surface area (Å²) in [4.78, 5) is 15.6. The van der Waals surface area contributed by atoms with Gasteiger partial charge in [0, 0.05) is 55.3 Å². The molecular weight excluding hydrogens is 322 g/mol. The Morgan fingerprint density at radius 2 is 1.88 bits per heavy atom. The van der Waals surface area contributed by atoms with Crippen molar-refractivity contribution < 1.29 is 0 Å². The smallest absolute Gasteiger partial charge is 0.116 e. The van der Waals surface area contributed by atoms with Crippen LogP contribution in [0.4, 0.5) is 0 Å². The van der Waals surface area contributed by atoms with E-state index in [-0.39, 0.29) is 0 Å². The summed E-state index contributed by atoms with van der Waals surface area (Å²) in [5, 5.41) is 9.09. The van der Waals surface area contributed by atoms with Crippen LogP contribution in [0.3, 0.4) is 0 Å². The van der Waals surface area contributed by atoms with Crippen LogP contribution in [0, 0.1) is 11.3 Å². The minimum absolute atomic E-state index is 0.714. The van der Waals surface area contributed by atoms with Crippen molar-refractivity contribution >= 4 is 0 Å². The summed E-state index contributed by atoms with van der Waals surface area (Å²) in [5.74, 6) is 0. The molecule has 4 rings (SSSR count). The number of aromatic nitrogens is 3. The Bertz CT molecular complexity index is 946. The van der Waals surface area contributed by atoms with Crippen LogP contribution in [-0.4, -0.2) is 32.9 Å². The number of hydrogen-bond acceptors (Lipinski definition) is 5. The van der Waals surface area contributed by atoms with E-state index < -0.39 is 0 Å². The minimum Gasteiger partial charge on any atom is -0.298 e. The van der Waals surface area contributed by atoms with E-state index in [9.17, 15) is 0 Å². The van der Waals surface area contributed by atoms with Crippen molar-refractivity contribution in [3.05, 3.63) is 77.5 Å². The molecular formula is C21H19N5. The number of pyridine rings is 1. The van der Waals surface area contributed by atoms with Gasteiger partial charge in [0.2, 0.25) is 0 Å². The Balaban J connectivity index is 1.55. The highest BCUT2D eigenvalue weighted by atomic mass is 15.1. The van der Waals surface area contributed by atoms with Gasteiger partial charge in [-0.05, 0) is 36.2 Å². The van der Waals surface area contributed by atoms with Gasteiger partial charge in [0.25, 0.3) is 0 Å². The fourth-order valence-electron chi connectivity index (χ4n) is 3.49. The van der Waals surface area contributed by atoms with Crippen LogP contribution in [0.2, 0.25) is 0 Å². The Labute approximate surface area is 153 Å². The molecule has 2 aromatic heterocycles. The molecule has 5 heteroatoms. The molecule has 0 radical (unpaired) electrons. The van der Waals surface area contributed by atoms with E-state index in [1.165, 1.54) is 11.1 Å². The molecule has 0 fully saturated rings. The van der Waals surface area contributed by atoms with Crippen LogP contribution in [0.1, 0.15) is 22.4 Å². The highest BCUT2D eigenvalue weighted by Gasteiger charge is 2.19. The Morgan fingerprint density at radius 3 is 2.73 bits per heavy atom. The fraction of sp³-hybridized carbons (Fsp3) is 0.238. The first-order chi connectivity index (χ1) is 12.8. The topological polar surface area (TPSA) is 65.7 Å². The summed E-state index contributed by atoms with van der Waals surface area (Å²) >= 11 is 0. The molecule has 0 aliphatic carbocycles. The molecule has 1 aliphatic rings. The maximum absolute atomic E-state index is 9.09. The summed E-state index contributed by atoms with van der Waals surface area (Å²) in [7, 11) is 0. The van der Waals surface area contributed by atoms with Crippen molar-refractivity contribution in [2.75, 3.05) is 13.1 Å². The van der Waals surface area contributed by atoms with E-state index in [0.717, 1.165) is 49.4 Å². The van der Waals surface area contributed by atoms with E-state index in [1.807, 2.05) is 30.3 Å². The van der Waals surface area contributed by atoms with Crippen molar-refractivity contribution in [1.29, 1.82) is 5.26 Å². The normalized spacial score (nSPS) is 14.3. The first-order valence-electron chi connectivity index (χ1n) is 8.78. The second kappa shape index (κ2) is 7.42. The van der Waals surface area contributed by atoms with Crippen molar-refractivity contribution in [2.45, 2.75) is 19.4 Å². The molecule has 0 atom stereocenters. The number of rotatable bonds is 3. The van der Waals surface area contributed by atoms with Crippen LogP contribution in [0.5, 0.6) is 0 Å². The lowest BCUT2D eigenvalue weighted by Crippen LogP contribution is -2.26. The lowest BCUT2D eigenvalue weighted by atomic mass is 10.0. The van der Waals surface area contributed by atoms with E-state index in [4.69, 9.17) is 5.26 Å². The average Bonchev–Trinajstić information content (AvgIpc) is 2.91. The van der Waals surface area contributed by atoms with E-state index in [2.05, 4.69) is 32.0 Å². The van der Waals surface area contributed by atoms with Crippen LogP contribution in [0.15, 0.2) is 55.1 Å². The third-order valence-electron chi connectivity index (χ3n) is 4.79. The van der Waals surface area contributed by atoms with Gasteiger partial charge < -0.3 is 0 Å². The molecule has 26 heavy (non-hydrogen) atoms. The zero-order chi connectivity index (χ0) is 17.8. The average molecular weight is 341 g/mol. The second-order valence-corrected chi connectivity index (χ2v) is 6.47. The second-order valence-electron chi connectivity index (χ2n) is 6.47. The van der Waals surface area contributed by atoms with Crippen LogP contribution in [-0.2, 0) is 19.4 Å². The molecule has 5 nitrogen and oxygen atoms in total. The molecule has 0 saturated carbocycles. The van der Waals surface area contributed by atoms with Gasteiger partial charge in [-0.15, -0.1) is 0 Å². The first-order valence-corrected chi connectivity index (χ1v) is 8.78. The molecule has 0 bridgehead atoms. The van der Waals surface area contributed by atoms with Crippen LogP contribution in [0.25, 0.3) is 11.3 Å². The molecule has 0 saturated heterocycles. The number of fused-ring (bicyclic) bond motifs is 1. The molecule has 0 unspecified atom stereocenters. The molecule has 1 aromatic carbocycles. The zero-order valence-electron chi connectivity index (χ0n) is 14.5. The van der Waals surface area contributed by atoms with Crippen molar-refractivity contribution in [2.24, 2.45) is 0 Å². The molecule has 1 aliphatic heterocycles. The van der Waals surface area contributed by atoms with Gasteiger partial charge in [-0.25, -0.2) is 9.97 Å². The van der Waals surface area contributed by atoms with E-state index in [1.54, 1.807) is 18.7 Å². The largest absolute Gasteiger partial charge is 0.298 e. The predicted octanol–water partition coefficient (Wildman–Crippen LogP) is 3.01. The monoisotopic (exact) mass is 341 g/mol. The highest BCUT2D eigenvalue weighted by Crippen LogP contribution is 2.25. The molecule has 3 aromatic rings. The molecule has 0 N–H and O–H groups in total. The van der Waals surface area contributed by atoms with Gasteiger partial charge in [0.1, 0.15) is 6.33 Å². The quantitative estimate of drug-likeness (QED) is 0.733. The predicted molar refractivity (Wildman–Crippen MR) is 99.1 cm³/mol. The van der Waals surface area contributed by atoms with Gasteiger partial charge in [-0.3, -0.25) is 9.88 Å². The van der Waals surface area contributed by atoms with Crippen LogP contribution < -0.4 is 0 Å². The standard InChI is InChI=1S/C21H19N5/c22-13-16-2-1-3-17(12-16)14-26-10-6-19-20(7-11-26)24-15-25-21(19)18-4-8-23-9-5-18/h1-5,8-9,12,15H,6-7,10-11,14H2. The third kappa shape index (κ3) is 3.46. The van der Waals surface area contributed by atoms with Crippen LogP contribution >= 0.6 is 0 Å². The third-order valence-corrected chi connectivity index (χ3v) is 4.79. The molecule has 0 amide bonds. The highest BCUT2D eigenvalue weighted by molar-refractivity contribution is 5.63. The van der Waals surface area contributed by atoms with Crippen molar-refractivity contribution in [1.82, 2.24) is 19.9 Å². The molecule has 0 spiro atoms. The maximum atomic E-state index is 9.09. The molecule has 128 valence electrons. The van der Waals surface area contributed by atoms with E-state index >= 15 is 0 Å². The summed E-state index contributed by atoms with van der Waals surface area (Å²) < 4.78 is 0. The van der Waals surface area contributed by atoms with Gasteiger partial charge >= 0.3 is 0 Å². The van der Waals surface area contributed by atoms with Gasteiger partial charge in [0.05, 0.1) is 17.3 Å². The molecule has 3 heterocycles. The lowest BCUT2D eigenvalue weighted by Gasteiger charge is -2.19. The lowest BCUT2D eigenvalue weighted by molar-refractivity contribution is 0.279. The first kappa shape index (κ1) is 16.4. The van der Waals surface area contributed by atoms with Gasteiger partial charge in [-0.1, -0.05) is 12.1 Å². The summed E-state index contributed by atoms with van der Waals surface area (Å²) in [6.07, 6.45) is 7.10. The number of nitriles is 1. The summed E-state index contributed by atoms with van der Waals surface area (Å²) in [6.45, 7) is 2.76. The maximum Gasteiger partial charge on any atom is 0.116 e. The fourth-order valence-corrected chi connectivity index (χ4v) is 3.49. The Hall–Kier alpha value is -3.10.